The summed E-state index contributed by atoms with van der Waals surface area (Å²) in [5.41, 5.74) is 0.0376. The van der Waals surface area contributed by atoms with Crippen molar-refractivity contribution < 1.29 is 14.4 Å². The second-order valence-electron chi connectivity index (χ2n) is 7.25. The largest absolute Gasteiger partial charge is 0.298 e. The highest BCUT2D eigenvalue weighted by atomic mass is 16.1. The molecule has 0 aromatic carbocycles. The van der Waals surface area contributed by atoms with E-state index in [9.17, 15) is 14.4 Å². The SMILES string of the molecule is CC1C=C[C@H]2C(C)(C)C3=C(C[C@]2(C)C1=O)C(=O)C=CC3=O. The summed E-state index contributed by atoms with van der Waals surface area (Å²) >= 11 is 0. The Morgan fingerprint density at radius 3 is 2.29 bits per heavy atom. The molecule has 0 bridgehead atoms. The van der Waals surface area contributed by atoms with Crippen LogP contribution in [0.15, 0.2) is 35.5 Å². The normalized spacial score (nSPS) is 37.6. The van der Waals surface area contributed by atoms with E-state index in [2.05, 4.69) is 6.08 Å². The van der Waals surface area contributed by atoms with E-state index in [1.54, 1.807) is 0 Å². The lowest BCUT2D eigenvalue weighted by molar-refractivity contribution is -0.137. The summed E-state index contributed by atoms with van der Waals surface area (Å²) in [7, 11) is 0. The van der Waals surface area contributed by atoms with Crippen LogP contribution in [0.4, 0.5) is 0 Å². The van der Waals surface area contributed by atoms with Crippen molar-refractivity contribution in [1.82, 2.24) is 0 Å². The summed E-state index contributed by atoms with van der Waals surface area (Å²) in [5.74, 6) is -0.210. The summed E-state index contributed by atoms with van der Waals surface area (Å²) in [6, 6.07) is 0. The van der Waals surface area contributed by atoms with Gasteiger partial charge in [0.15, 0.2) is 11.6 Å². The molecule has 0 saturated heterocycles. The van der Waals surface area contributed by atoms with E-state index >= 15 is 0 Å². The molecule has 110 valence electrons. The summed E-state index contributed by atoms with van der Waals surface area (Å²) < 4.78 is 0. The van der Waals surface area contributed by atoms with Gasteiger partial charge >= 0.3 is 0 Å². The van der Waals surface area contributed by atoms with Gasteiger partial charge in [-0.1, -0.05) is 39.8 Å². The number of hydrogen-bond donors (Lipinski definition) is 0. The van der Waals surface area contributed by atoms with Gasteiger partial charge in [0.25, 0.3) is 0 Å². The number of fused-ring (bicyclic) bond motifs is 1. The van der Waals surface area contributed by atoms with Crippen LogP contribution in [0.3, 0.4) is 0 Å². The van der Waals surface area contributed by atoms with Crippen LogP contribution in [0.2, 0.25) is 0 Å². The van der Waals surface area contributed by atoms with E-state index in [1.807, 2.05) is 33.8 Å². The molecule has 3 atom stereocenters. The van der Waals surface area contributed by atoms with Crippen LogP contribution in [0, 0.1) is 22.7 Å². The summed E-state index contributed by atoms with van der Waals surface area (Å²) in [6.45, 7) is 7.79. The zero-order chi connectivity index (χ0) is 15.6. The fourth-order valence-corrected chi connectivity index (χ4v) is 4.50. The van der Waals surface area contributed by atoms with Gasteiger partial charge in [-0.2, -0.15) is 0 Å². The Morgan fingerprint density at radius 1 is 1.00 bits per heavy atom. The summed E-state index contributed by atoms with van der Waals surface area (Å²) in [6.07, 6.45) is 7.09. The van der Waals surface area contributed by atoms with Gasteiger partial charge in [0.2, 0.25) is 0 Å². The number of rotatable bonds is 0. The lowest BCUT2D eigenvalue weighted by Gasteiger charge is -2.52. The van der Waals surface area contributed by atoms with Crippen molar-refractivity contribution >= 4 is 17.3 Å². The molecule has 0 aromatic heterocycles. The maximum absolute atomic E-state index is 12.7. The van der Waals surface area contributed by atoms with Gasteiger partial charge in [0, 0.05) is 27.9 Å². The number of ketones is 3. The Kier molecular flexibility index (Phi) is 2.78. The van der Waals surface area contributed by atoms with Crippen LogP contribution in [0.5, 0.6) is 0 Å². The topological polar surface area (TPSA) is 51.2 Å². The molecule has 0 fully saturated rings. The Hall–Kier alpha value is -1.77. The Bertz CT molecular complexity index is 660. The molecular weight excluding hydrogens is 264 g/mol. The lowest BCUT2D eigenvalue weighted by Crippen LogP contribution is -2.52. The lowest BCUT2D eigenvalue weighted by atomic mass is 9.49. The first-order chi connectivity index (χ1) is 9.69. The number of hydrogen-bond acceptors (Lipinski definition) is 3. The van der Waals surface area contributed by atoms with E-state index in [1.165, 1.54) is 12.2 Å². The number of carbonyl (C=O) groups excluding carboxylic acids is 3. The second-order valence-corrected chi connectivity index (χ2v) is 7.25. The molecule has 0 N–H and O–H groups in total. The average molecular weight is 284 g/mol. The maximum Gasteiger partial charge on any atom is 0.182 e. The zero-order valence-electron chi connectivity index (χ0n) is 12.9. The Balaban J connectivity index is 2.24. The first-order valence-electron chi connectivity index (χ1n) is 7.42. The van der Waals surface area contributed by atoms with E-state index in [0.717, 1.165) is 0 Å². The molecule has 0 aromatic rings. The highest BCUT2D eigenvalue weighted by Gasteiger charge is 2.56. The first kappa shape index (κ1) is 14.2. The molecule has 0 amide bonds. The van der Waals surface area contributed by atoms with Crippen LogP contribution >= 0.6 is 0 Å². The van der Waals surface area contributed by atoms with Crippen molar-refractivity contribution in [2.75, 3.05) is 0 Å². The van der Waals surface area contributed by atoms with Gasteiger partial charge in [-0.25, -0.2) is 0 Å². The van der Waals surface area contributed by atoms with Gasteiger partial charge in [-0.15, -0.1) is 0 Å². The smallest absolute Gasteiger partial charge is 0.182 e. The Morgan fingerprint density at radius 2 is 1.62 bits per heavy atom. The summed E-state index contributed by atoms with van der Waals surface area (Å²) in [5, 5.41) is 0. The van der Waals surface area contributed by atoms with E-state index in [-0.39, 0.29) is 29.2 Å². The number of carbonyl (C=O) groups is 3. The molecule has 0 spiro atoms. The van der Waals surface area contributed by atoms with Crippen molar-refractivity contribution in [1.29, 1.82) is 0 Å². The van der Waals surface area contributed by atoms with Gasteiger partial charge in [0.1, 0.15) is 5.78 Å². The molecule has 3 aliphatic rings. The Labute approximate surface area is 124 Å². The molecular formula is C18H20O3. The minimum Gasteiger partial charge on any atom is -0.298 e. The molecule has 0 radical (unpaired) electrons. The molecule has 3 rings (SSSR count). The van der Waals surface area contributed by atoms with Crippen LogP contribution in [-0.4, -0.2) is 17.3 Å². The number of allylic oxidation sites excluding steroid dienone is 6. The van der Waals surface area contributed by atoms with Crippen LogP contribution in [-0.2, 0) is 14.4 Å². The van der Waals surface area contributed by atoms with Crippen LogP contribution in [0.25, 0.3) is 0 Å². The quantitative estimate of drug-likeness (QED) is 0.507. The van der Waals surface area contributed by atoms with Crippen molar-refractivity contribution in [3.8, 4) is 0 Å². The average Bonchev–Trinajstić information content (AvgIpc) is 2.39. The third kappa shape index (κ3) is 1.69. The molecule has 0 aliphatic heterocycles. The monoisotopic (exact) mass is 284 g/mol. The molecule has 3 heteroatoms. The number of Topliss-reactive ketones (excluding diaryl/α,β-unsaturated/α-hetero) is 1. The molecule has 0 saturated carbocycles. The third-order valence-electron chi connectivity index (χ3n) is 5.45. The predicted octanol–water partition coefficient (Wildman–Crippen LogP) is 2.82. The minimum absolute atomic E-state index is 0.0456. The van der Waals surface area contributed by atoms with Crippen LogP contribution < -0.4 is 0 Å². The highest BCUT2D eigenvalue weighted by Crippen LogP contribution is 2.57. The van der Waals surface area contributed by atoms with E-state index in [0.29, 0.717) is 17.6 Å². The van der Waals surface area contributed by atoms with Crippen molar-refractivity contribution in [2.45, 2.75) is 34.1 Å². The fraction of sp³-hybridized carbons (Fsp3) is 0.500. The van der Waals surface area contributed by atoms with E-state index < -0.39 is 10.8 Å². The predicted molar refractivity (Wildman–Crippen MR) is 79.5 cm³/mol. The second kappa shape index (κ2) is 4.12. The third-order valence-corrected chi connectivity index (χ3v) is 5.45. The van der Waals surface area contributed by atoms with Gasteiger partial charge in [-0.3, -0.25) is 14.4 Å². The fourth-order valence-electron chi connectivity index (χ4n) is 4.50. The summed E-state index contributed by atoms with van der Waals surface area (Å²) in [4.78, 5) is 37.3. The standard InChI is InChI=1S/C18H20O3/c1-10-5-8-14-17(2,3)15-11(9-18(14,4)16(10)21)12(19)6-7-13(15)20/h5-8,10,14H,9H2,1-4H3/t10?,14-,18-/m0/s1. The van der Waals surface area contributed by atoms with Crippen LogP contribution in [0.1, 0.15) is 34.1 Å². The maximum atomic E-state index is 12.7. The molecule has 1 unspecified atom stereocenters. The van der Waals surface area contributed by atoms with Gasteiger partial charge < -0.3 is 0 Å². The van der Waals surface area contributed by atoms with Gasteiger partial charge in [-0.05, 0) is 24.5 Å². The molecule has 0 heterocycles. The zero-order valence-corrected chi connectivity index (χ0v) is 12.9. The van der Waals surface area contributed by atoms with Crippen molar-refractivity contribution in [2.24, 2.45) is 22.7 Å². The molecule has 3 aliphatic carbocycles. The van der Waals surface area contributed by atoms with Crippen molar-refractivity contribution in [3.05, 3.63) is 35.5 Å². The highest BCUT2D eigenvalue weighted by molar-refractivity contribution is 6.21. The first-order valence-corrected chi connectivity index (χ1v) is 7.42. The minimum atomic E-state index is -0.600. The van der Waals surface area contributed by atoms with Crippen molar-refractivity contribution in [3.63, 3.8) is 0 Å². The molecule has 3 nitrogen and oxygen atoms in total. The molecule has 21 heavy (non-hydrogen) atoms. The van der Waals surface area contributed by atoms with Gasteiger partial charge in [0.05, 0.1) is 0 Å². The van der Waals surface area contributed by atoms with E-state index in [4.69, 9.17) is 0 Å².